The first-order chi connectivity index (χ1) is 18.6. The minimum atomic E-state index is -0.106. The molecule has 0 spiro atoms. The maximum Gasteiger partial charge on any atom is 0.157 e. The Hall–Kier alpha value is -2.28. The van der Waals surface area contributed by atoms with Crippen LogP contribution in [0.4, 0.5) is 5.69 Å². The van der Waals surface area contributed by atoms with Crippen LogP contribution in [0.5, 0.6) is 5.75 Å². The number of anilines is 1. The third-order valence-electron chi connectivity index (χ3n) is 7.37. The molecule has 2 aliphatic heterocycles. The van der Waals surface area contributed by atoms with Gasteiger partial charge in [0.2, 0.25) is 0 Å². The van der Waals surface area contributed by atoms with Gasteiger partial charge in [0.15, 0.2) is 6.29 Å². The standard InChI is InChI=1S/C31H36Cl2N2O3/c1-23-20-35(29-15-14-27(19-28(29)33)36-17-18-38-31-9-5-6-16-37-31)30(25-10-12-26(32)13-11-25)22-34(23)21-24-7-3-2-4-8-24/h2-4,7-8,10-15,19,23,30-31H,5-6,9,16-18,20-22H2,1H3/t23-,30+,31?/m1/s1. The van der Waals surface area contributed by atoms with Gasteiger partial charge in [0.1, 0.15) is 12.4 Å². The number of piperazine rings is 1. The second kappa shape index (κ2) is 13.2. The molecule has 5 rings (SSSR count). The number of hydrogen-bond acceptors (Lipinski definition) is 5. The molecule has 2 aliphatic rings. The Bertz CT molecular complexity index is 1160. The number of rotatable bonds is 9. The fraction of sp³-hybridized carbons (Fsp3) is 0.419. The molecule has 0 N–H and O–H groups in total. The Labute approximate surface area is 236 Å². The monoisotopic (exact) mass is 554 g/mol. The van der Waals surface area contributed by atoms with Crippen LogP contribution in [-0.2, 0) is 16.0 Å². The lowest BCUT2D eigenvalue weighted by atomic mass is 9.98. The molecule has 0 bridgehead atoms. The van der Waals surface area contributed by atoms with E-state index in [1.807, 2.05) is 24.3 Å². The predicted octanol–water partition coefficient (Wildman–Crippen LogP) is 7.37. The van der Waals surface area contributed by atoms with Gasteiger partial charge in [-0.15, -0.1) is 0 Å². The van der Waals surface area contributed by atoms with Crippen molar-refractivity contribution in [1.82, 2.24) is 4.90 Å². The Morgan fingerprint density at radius 3 is 2.47 bits per heavy atom. The number of benzene rings is 3. The molecule has 202 valence electrons. The zero-order chi connectivity index (χ0) is 26.3. The second-order valence-corrected chi connectivity index (χ2v) is 11.0. The van der Waals surface area contributed by atoms with Crippen LogP contribution in [0, 0.1) is 0 Å². The highest BCUT2D eigenvalue weighted by Gasteiger charge is 2.33. The highest BCUT2D eigenvalue weighted by Crippen LogP contribution is 2.39. The van der Waals surface area contributed by atoms with E-state index in [0.29, 0.717) is 24.3 Å². The van der Waals surface area contributed by atoms with Crippen LogP contribution < -0.4 is 9.64 Å². The average Bonchev–Trinajstić information content (AvgIpc) is 2.94. The number of nitrogens with zero attached hydrogens (tertiary/aromatic N) is 2. The molecule has 3 atom stereocenters. The maximum absolute atomic E-state index is 6.88. The third-order valence-corrected chi connectivity index (χ3v) is 7.93. The number of hydrogen-bond donors (Lipinski definition) is 0. The van der Waals surface area contributed by atoms with Gasteiger partial charge in [-0.25, -0.2) is 0 Å². The van der Waals surface area contributed by atoms with Crippen LogP contribution in [0.2, 0.25) is 10.0 Å². The fourth-order valence-corrected chi connectivity index (χ4v) is 5.70. The van der Waals surface area contributed by atoms with E-state index in [0.717, 1.165) is 62.0 Å². The Kier molecular flexibility index (Phi) is 9.47. The Morgan fingerprint density at radius 2 is 1.74 bits per heavy atom. The van der Waals surface area contributed by atoms with Crippen molar-refractivity contribution in [2.45, 2.75) is 51.1 Å². The van der Waals surface area contributed by atoms with Crippen LogP contribution in [0.1, 0.15) is 43.4 Å². The summed E-state index contributed by atoms with van der Waals surface area (Å²) in [7, 11) is 0. The molecule has 38 heavy (non-hydrogen) atoms. The number of halogens is 2. The summed E-state index contributed by atoms with van der Waals surface area (Å²) < 4.78 is 17.3. The van der Waals surface area contributed by atoms with E-state index in [1.165, 1.54) is 11.1 Å². The average molecular weight is 556 g/mol. The van der Waals surface area contributed by atoms with E-state index in [9.17, 15) is 0 Å². The molecule has 2 heterocycles. The van der Waals surface area contributed by atoms with Crippen LogP contribution in [0.25, 0.3) is 0 Å². The van der Waals surface area contributed by atoms with Crippen LogP contribution >= 0.6 is 23.2 Å². The first kappa shape index (κ1) is 27.3. The highest BCUT2D eigenvalue weighted by molar-refractivity contribution is 6.33. The van der Waals surface area contributed by atoms with Crippen molar-refractivity contribution in [3.8, 4) is 5.75 Å². The van der Waals surface area contributed by atoms with Crippen LogP contribution in [0.15, 0.2) is 72.8 Å². The largest absolute Gasteiger partial charge is 0.491 e. The fourth-order valence-electron chi connectivity index (χ4n) is 5.29. The van der Waals surface area contributed by atoms with Gasteiger partial charge in [-0.2, -0.15) is 0 Å². The summed E-state index contributed by atoms with van der Waals surface area (Å²) in [5.74, 6) is 0.741. The van der Waals surface area contributed by atoms with Gasteiger partial charge in [-0.1, -0.05) is 65.7 Å². The van der Waals surface area contributed by atoms with E-state index in [1.54, 1.807) is 0 Å². The zero-order valence-electron chi connectivity index (χ0n) is 21.9. The summed E-state index contributed by atoms with van der Waals surface area (Å²) in [4.78, 5) is 4.97. The zero-order valence-corrected chi connectivity index (χ0v) is 23.4. The van der Waals surface area contributed by atoms with Gasteiger partial charge in [0.25, 0.3) is 0 Å². The van der Waals surface area contributed by atoms with Crippen molar-refractivity contribution in [2.24, 2.45) is 0 Å². The summed E-state index contributed by atoms with van der Waals surface area (Å²) in [6.45, 7) is 6.66. The molecule has 5 nitrogen and oxygen atoms in total. The highest BCUT2D eigenvalue weighted by atomic mass is 35.5. The Balaban J connectivity index is 1.29. The first-order valence-corrected chi connectivity index (χ1v) is 14.3. The molecule has 0 aromatic heterocycles. The molecule has 3 aromatic carbocycles. The minimum absolute atomic E-state index is 0.106. The normalized spacial score (nSPS) is 22.4. The van der Waals surface area contributed by atoms with Crippen molar-refractivity contribution in [3.05, 3.63) is 94.0 Å². The minimum Gasteiger partial charge on any atom is -0.491 e. The molecular formula is C31H36Cl2N2O3. The van der Waals surface area contributed by atoms with Crippen molar-refractivity contribution in [3.63, 3.8) is 0 Å². The van der Waals surface area contributed by atoms with Gasteiger partial charge in [-0.3, -0.25) is 4.90 Å². The quantitative estimate of drug-likeness (QED) is 0.258. The van der Waals surface area contributed by atoms with Gasteiger partial charge in [0.05, 0.1) is 23.4 Å². The summed E-state index contributed by atoms with van der Waals surface area (Å²) in [6, 6.07) is 25.3. The lowest BCUT2D eigenvalue weighted by Gasteiger charge is -2.47. The van der Waals surface area contributed by atoms with E-state index in [4.69, 9.17) is 37.4 Å². The molecule has 7 heteroatoms. The van der Waals surface area contributed by atoms with E-state index >= 15 is 0 Å². The van der Waals surface area contributed by atoms with E-state index in [2.05, 4.69) is 65.3 Å². The van der Waals surface area contributed by atoms with Crippen molar-refractivity contribution in [1.29, 1.82) is 0 Å². The van der Waals surface area contributed by atoms with Crippen LogP contribution in [0.3, 0.4) is 0 Å². The lowest BCUT2D eigenvalue weighted by molar-refractivity contribution is -0.165. The second-order valence-electron chi connectivity index (χ2n) is 10.1. The summed E-state index contributed by atoms with van der Waals surface area (Å²) in [5.41, 5.74) is 3.55. The predicted molar refractivity (Wildman–Crippen MR) is 154 cm³/mol. The molecule has 0 saturated carbocycles. The van der Waals surface area contributed by atoms with Gasteiger partial charge < -0.3 is 19.1 Å². The van der Waals surface area contributed by atoms with Crippen molar-refractivity contribution >= 4 is 28.9 Å². The molecule has 0 amide bonds. The molecule has 0 aliphatic carbocycles. The number of ether oxygens (including phenoxy) is 3. The Morgan fingerprint density at radius 1 is 0.921 bits per heavy atom. The molecule has 2 fully saturated rings. The molecule has 3 aromatic rings. The van der Waals surface area contributed by atoms with E-state index in [-0.39, 0.29) is 12.3 Å². The van der Waals surface area contributed by atoms with Crippen LogP contribution in [-0.4, -0.2) is 50.1 Å². The smallest absolute Gasteiger partial charge is 0.157 e. The molecular weight excluding hydrogens is 519 g/mol. The van der Waals surface area contributed by atoms with E-state index < -0.39 is 0 Å². The third kappa shape index (κ3) is 7.02. The molecule has 1 unspecified atom stereocenters. The molecule has 2 saturated heterocycles. The van der Waals surface area contributed by atoms with Gasteiger partial charge in [0, 0.05) is 43.4 Å². The molecule has 0 radical (unpaired) electrons. The SMILES string of the molecule is C[C@@H]1CN(c2ccc(OCCOC3CCCCO3)cc2Cl)[C@H](c2ccc(Cl)cc2)CN1Cc1ccccc1. The lowest BCUT2D eigenvalue weighted by Crippen LogP contribution is -2.53. The summed E-state index contributed by atoms with van der Waals surface area (Å²) in [6.07, 6.45) is 3.11. The first-order valence-electron chi connectivity index (χ1n) is 13.5. The van der Waals surface area contributed by atoms with Crippen molar-refractivity contribution < 1.29 is 14.2 Å². The summed E-state index contributed by atoms with van der Waals surface area (Å²) >= 11 is 13.1. The topological polar surface area (TPSA) is 34.2 Å². The van der Waals surface area contributed by atoms with Gasteiger partial charge >= 0.3 is 0 Å². The maximum atomic E-state index is 6.88. The van der Waals surface area contributed by atoms with Crippen molar-refractivity contribution in [2.75, 3.05) is 37.8 Å². The summed E-state index contributed by atoms with van der Waals surface area (Å²) in [5, 5.41) is 1.42. The van der Waals surface area contributed by atoms with Gasteiger partial charge in [-0.05, 0) is 61.6 Å².